The number of rotatable bonds is 4. The molecule has 0 heterocycles. The smallest absolute Gasteiger partial charge is 0.0561 e. The Labute approximate surface area is 69.4 Å². The number of methoxy groups -OCH3 is 1. The van der Waals surface area contributed by atoms with Gasteiger partial charge in [-0.1, -0.05) is 11.6 Å². The first-order valence-electron chi connectivity index (χ1n) is 3.99. The minimum absolute atomic E-state index is 0.134. The first-order chi connectivity index (χ1) is 5.06. The van der Waals surface area contributed by atoms with Crippen molar-refractivity contribution in [3.63, 3.8) is 0 Å². The molecule has 0 rings (SSSR count). The fraction of sp³-hybridized carbons (Fsp3) is 0.778. The lowest BCUT2D eigenvalue weighted by Crippen LogP contribution is -2.23. The maximum Gasteiger partial charge on any atom is 0.0561 e. The van der Waals surface area contributed by atoms with Crippen molar-refractivity contribution < 1.29 is 4.74 Å². The third-order valence-electron chi connectivity index (χ3n) is 1.55. The molecule has 0 radical (unpaired) electrons. The topological polar surface area (TPSA) is 35.2 Å². The van der Waals surface area contributed by atoms with Crippen LogP contribution < -0.4 is 5.73 Å². The summed E-state index contributed by atoms with van der Waals surface area (Å²) in [6, 6.07) is 0.134. The largest absolute Gasteiger partial charge is 0.382 e. The van der Waals surface area contributed by atoms with Crippen LogP contribution in [0.15, 0.2) is 11.6 Å². The number of nitrogens with two attached hydrogens (primary N) is 1. The standard InChI is InChI=1S/C9H19NO/c1-7(2)5-9(10)6-8(3)11-4/h5,8-9H,6,10H2,1-4H3. The van der Waals surface area contributed by atoms with Crippen LogP contribution >= 0.6 is 0 Å². The first-order valence-corrected chi connectivity index (χ1v) is 3.99. The summed E-state index contributed by atoms with van der Waals surface area (Å²) in [5, 5.41) is 0. The highest BCUT2D eigenvalue weighted by Gasteiger charge is 2.04. The average Bonchev–Trinajstić information content (AvgIpc) is 1.85. The molecule has 0 aliphatic rings. The summed E-state index contributed by atoms with van der Waals surface area (Å²) in [5.74, 6) is 0. The molecule has 0 aliphatic heterocycles. The molecular formula is C9H19NO. The highest BCUT2D eigenvalue weighted by atomic mass is 16.5. The Morgan fingerprint density at radius 1 is 1.55 bits per heavy atom. The normalized spacial score (nSPS) is 15.7. The second-order valence-electron chi connectivity index (χ2n) is 3.19. The van der Waals surface area contributed by atoms with E-state index < -0.39 is 0 Å². The van der Waals surface area contributed by atoms with E-state index in [4.69, 9.17) is 10.5 Å². The second kappa shape index (κ2) is 5.33. The molecule has 2 heteroatoms. The number of ether oxygens (including phenoxy) is 1. The highest BCUT2D eigenvalue weighted by molar-refractivity contribution is 5.00. The zero-order chi connectivity index (χ0) is 8.85. The highest BCUT2D eigenvalue weighted by Crippen LogP contribution is 2.02. The molecule has 0 saturated carbocycles. The van der Waals surface area contributed by atoms with Crippen LogP contribution in [0.5, 0.6) is 0 Å². The van der Waals surface area contributed by atoms with Crippen LogP contribution in [0.4, 0.5) is 0 Å². The molecule has 0 amide bonds. The molecule has 2 N–H and O–H groups in total. The lowest BCUT2D eigenvalue weighted by Gasteiger charge is -2.12. The molecule has 2 nitrogen and oxygen atoms in total. The van der Waals surface area contributed by atoms with Crippen molar-refractivity contribution in [2.75, 3.05) is 7.11 Å². The van der Waals surface area contributed by atoms with Crippen LogP contribution in [0.1, 0.15) is 27.2 Å². The van der Waals surface area contributed by atoms with Gasteiger partial charge in [0.25, 0.3) is 0 Å². The summed E-state index contributed by atoms with van der Waals surface area (Å²) in [5.41, 5.74) is 7.06. The fourth-order valence-electron chi connectivity index (χ4n) is 0.976. The lowest BCUT2D eigenvalue weighted by molar-refractivity contribution is 0.108. The molecule has 0 aliphatic carbocycles. The number of hydrogen-bond donors (Lipinski definition) is 1. The summed E-state index contributed by atoms with van der Waals surface area (Å²) in [4.78, 5) is 0. The van der Waals surface area contributed by atoms with E-state index in [9.17, 15) is 0 Å². The minimum atomic E-state index is 0.134. The van der Waals surface area contributed by atoms with Gasteiger partial charge < -0.3 is 10.5 Å². The van der Waals surface area contributed by atoms with Gasteiger partial charge in [0.1, 0.15) is 0 Å². The van der Waals surface area contributed by atoms with Crippen molar-refractivity contribution in [2.24, 2.45) is 5.73 Å². The molecular weight excluding hydrogens is 138 g/mol. The molecule has 66 valence electrons. The Hall–Kier alpha value is -0.340. The molecule has 0 aromatic heterocycles. The quantitative estimate of drug-likeness (QED) is 0.630. The molecule has 0 saturated heterocycles. The van der Waals surface area contributed by atoms with Crippen LogP contribution in [0.3, 0.4) is 0 Å². The molecule has 0 aromatic rings. The Kier molecular flexibility index (Phi) is 5.16. The monoisotopic (exact) mass is 157 g/mol. The van der Waals surface area contributed by atoms with Gasteiger partial charge in [0.2, 0.25) is 0 Å². The molecule has 2 atom stereocenters. The minimum Gasteiger partial charge on any atom is -0.382 e. The zero-order valence-electron chi connectivity index (χ0n) is 7.92. The van der Waals surface area contributed by atoms with Gasteiger partial charge in [-0.25, -0.2) is 0 Å². The van der Waals surface area contributed by atoms with Crippen LogP contribution in [0.2, 0.25) is 0 Å². The van der Waals surface area contributed by atoms with Crippen LogP contribution in [-0.2, 0) is 4.74 Å². The summed E-state index contributed by atoms with van der Waals surface area (Å²) >= 11 is 0. The SMILES string of the molecule is COC(C)CC(N)C=C(C)C. The van der Waals surface area contributed by atoms with Crippen molar-refractivity contribution in [3.8, 4) is 0 Å². The summed E-state index contributed by atoms with van der Waals surface area (Å²) in [6.07, 6.45) is 3.21. The molecule has 0 fully saturated rings. The van der Waals surface area contributed by atoms with Crippen molar-refractivity contribution in [3.05, 3.63) is 11.6 Å². The molecule has 0 bridgehead atoms. The maximum atomic E-state index is 5.79. The van der Waals surface area contributed by atoms with Crippen LogP contribution in [0.25, 0.3) is 0 Å². The van der Waals surface area contributed by atoms with Crippen molar-refractivity contribution in [1.82, 2.24) is 0 Å². The third kappa shape index (κ3) is 6.07. The molecule has 0 spiro atoms. The van der Waals surface area contributed by atoms with Gasteiger partial charge >= 0.3 is 0 Å². The van der Waals surface area contributed by atoms with Crippen molar-refractivity contribution in [1.29, 1.82) is 0 Å². The van der Waals surface area contributed by atoms with Gasteiger partial charge in [0, 0.05) is 13.2 Å². The summed E-state index contributed by atoms with van der Waals surface area (Å²) in [7, 11) is 1.71. The predicted molar refractivity (Wildman–Crippen MR) is 48.5 cm³/mol. The first kappa shape index (κ1) is 10.7. The van der Waals surface area contributed by atoms with Gasteiger partial charge in [-0.05, 0) is 27.2 Å². The lowest BCUT2D eigenvalue weighted by atomic mass is 10.1. The Balaban J connectivity index is 3.69. The van der Waals surface area contributed by atoms with Gasteiger partial charge in [0.15, 0.2) is 0 Å². The molecule has 11 heavy (non-hydrogen) atoms. The van der Waals surface area contributed by atoms with E-state index in [1.54, 1.807) is 7.11 Å². The van der Waals surface area contributed by atoms with Crippen molar-refractivity contribution >= 4 is 0 Å². The van der Waals surface area contributed by atoms with Crippen LogP contribution in [0, 0.1) is 0 Å². The Bertz CT molecular complexity index is 128. The second-order valence-corrected chi connectivity index (χ2v) is 3.19. The van der Waals surface area contributed by atoms with E-state index in [-0.39, 0.29) is 12.1 Å². The molecule has 0 aromatic carbocycles. The van der Waals surface area contributed by atoms with E-state index in [1.165, 1.54) is 5.57 Å². The van der Waals surface area contributed by atoms with E-state index >= 15 is 0 Å². The average molecular weight is 157 g/mol. The van der Waals surface area contributed by atoms with Crippen molar-refractivity contribution in [2.45, 2.75) is 39.3 Å². The number of allylic oxidation sites excluding steroid dienone is 1. The zero-order valence-corrected chi connectivity index (χ0v) is 7.92. The number of hydrogen-bond acceptors (Lipinski definition) is 2. The van der Waals surface area contributed by atoms with Crippen LogP contribution in [-0.4, -0.2) is 19.3 Å². The van der Waals surface area contributed by atoms with E-state index in [1.807, 2.05) is 6.92 Å². The maximum absolute atomic E-state index is 5.79. The van der Waals surface area contributed by atoms with Gasteiger partial charge in [-0.3, -0.25) is 0 Å². The summed E-state index contributed by atoms with van der Waals surface area (Å²) < 4.78 is 5.09. The Morgan fingerprint density at radius 3 is 2.45 bits per heavy atom. The van der Waals surface area contributed by atoms with Gasteiger partial charge in [0.05, 0.1) is 6.10 Å². The molecule has 2 unspecified atom stereocenters. The fourth-order valence-corrected chi connectivity index (χ4v) is 0.976. The predicted octanol–water partition coefficient (Wildman–Crippen LogP) is 1.70. The van der Waals surface area contributed by atoms with E-state index in [0.29, 0.717) is 0 Å². The van der Waals surface area contributed by atoms with Gasteiger partial charge in [-0.2, -0.15) is 0 Å². The summed E-state index contributed by atoms with van der Waals surface area (Å²) in [6.45, 7) is 6.13. The third-order valence-corrected chi connectivity index (χ3v) is 1.55. The Morgan fingerprint density at radius 2 is 2.09 bits per heavy atom. The van der Waals surface area contributed by atoms with E-state index in [0.717, 1.165) is 6.42 Å². The van der Waals surface area contributed by atoms with Gasteiger partial charge in [-0.15, -0.1) is 0 Å². The van der Waals surface area contributed by atoms with E-state index in [2.05, 4.69) is 19.9 Å².